The molecule has 0 saturated heterocycles. The van der Waals surface area contributed by atoms with E-state index in [9.17, 15) is 0 Å². The van der Waals surface area contributed by atoms with Gasteiger partial charge in [-0.2, -0.15) is 0 Å². The average molecular weight is 271 g/mol. The highest BCUT2D eigenvalue weighted by molar-refractivity contribution is 5.55. The van der Waals surface area contributed by atoms with E-state index in [1.54, 1.807) is 5.56 Å². The Bertz CT molecular complexity index is 443. The lowest BCUT2D eigenvalue weighted by Crippen LogP contribution is -2.28. The van der Waals surface area contributed by atoms with E-state index in [1.165, 1.54) is 37.8 Å². The predicted molar refractivity (Wildman–Crippen MR) is 87.2 cm³/mol. The number of nitrogens with one attached hydrogen (secondary N) is 1. The summed E-state index contributed by atoms with van der Waals surface area (Å²) in [5.41, 5.74) is 2.95. The zero-order valence-corrected chi connectivity index (χ0v) is 13.2. The molecule has 2 aliphatic rings. The minimum atomic E-state index is 0.619. The van der Waals surface area contributed by atoms with Crippen LogP contribution in [0.3, 0.4) is 0 Å². The smallest absolute Gasteiger partial charge is 0.0377 e. The first-order chi connectivity index (χ1) is 9.61. The van der Waals surface area contributed by atoms with Crippen LogP contribution in [-0.4, -0.2) is 6.04 Å². The van der Waals surface area contributed by atoms with Gasteiger partial charge in [-0.25, -0.2) is 0 Å². The van der Waals surface area contributed by atoms with Crippen molar-refractivity contribution >= 4 is 5.69 Å². The molecule has 1 N–H and O–H groups in total. The van der Waals surface area contributed by atoms with Gasteiger partial charge in [-0.3, -0.25) is 0 Å². The maximum Gasteiger partial charge on any atom is 0.0377 e. The summed E-state index contributed by atoms with van der Waals surface area (Å²) in [6.07, 6.45) is 7.04. The number of rotatable bonds is 2. The van der Waals surface area contributed by atoms with E-state index in [0.717, 1.165) is 23.7 Å². The molecule has 1 aromatic carbocycles. The number of benzene rings is 1. The molecule has 0 spiro atoms. The maximum absolute atomic E-state index is 3.64. The molecule has 0 aromatic heterocycles. The Balaban J connectivity index is 1.74. The fourth-order valence-corrected chi connectivity index (χ4v) is 4.79. The molecule has 1 aliphatic heterocycles. The van der Waals surface area contributed by atoms with Gasteiger partial charge in [0, 0.05) is 11.7 Å². The molecule has 1 saturated carbocycles. The first-order valence-electron chi connectivity index (χ1n) is 8.47. The van der Waals surface area contributed by atoms with Crippen LogP contribution in [0.15, 0.2) is 24.3 Å². The van der Waals surface area contributed by atoms with Crippen molar-refractivity contribution in [2.24, 2.45) is 17.8 Å². The zero-order valence-electron chi connectivity index (χ0n) is 13.2. The third-order valence-corrected chi connectivity index (χ3v) is 5.33. The predicted octanol–water partition coefficient (Wildman–Crippen LogP) is 5.44. The number of anilines is 1. The summed E-state index contributed by atoms with van der Waals surface area (Å²) in [6, 6.07) is 9.58. The largest absolute Gasteiger partial charge is 0.382 e. The molecule has 1 fully saturated rings. The van der Waals surface area contributed by atoms with Crippen LogP contribution in [0.4, 0.5) is 5.69 Å². The minimum Gasteiger partial charge on any atom is -0.382 e. The molecule has 0 amide bonds. The first kappa shape index (κ1) is 14.0. The summed E-state index contributed by atoms with van der Waals surface area (Å²) < 4.78 is 0. The lowest BCUT2D eigenvalue weighted by atomic mass is 9.71. The molecule has 1 aromatic rings. The van der Waals surface area contributed by atoms with Gasteiger partial charge in [0.25, 0.3) is 0 Å². The molecule has 0 bridgehead atoms. The molecule has 3 rings (SSSR count). The van der Waals surface area contributed by atoms with E-state index < -0.39 is 0 Å². The standard InChI is InChI=1S/C19H29N/c1-13-8-14(2)10-16(9-13)12-17-11-15(3)20-19-7-5-4-6-18(17)19/h4-7,13-17,20H,8-12H2,1-3H3. The van der Waals surface area contributed by atoms with Gasteiger partial charge in [0.1, 0.15) is 0 Å². The van der Waals surface area contributed by atoms with E-state index in [-0.39, 0.29) is 0 Å². The number of hydrogen-bond donors (Lipinski definition) is 1. The van der Waals surface area contributed by atoms with Crippen molar-refractivity contribution in [3.63, 3.8) is 0 Å². The molecular formula is C19H29N. The van der Waals surface area contributed by atoms with Crippen LogP contribution in [0.2, 0.25) is 0 Å². The minimum absolute atomic E-state index is 0.619. The van der Waals surface area contributed by atoms with Gasteiger partial charge in [0.2, 0.25) is 0 Å². The topological polar surface area (TPSA) is 12.0 Å². The fourth-order valence-electron chi connectivity index (χ4n) is 4.79. The molecule has 110 valence electrons. The van der Waals surface area contributed by atoms with Crippen LogP contribution in [0.25, 0.3) is 0 Å². The Morgan fingerprint density at radius 1 is 0.950 bits per heavy atom. The highest BCUT2D eigenvalue weighted by atomic mass is 14.9. The van der Waals surface area contributed by atoms with Crippen molar-refractivity contribution in [2.45, 2.75) is 64.8 Å². The Kier molecular flexibility index (Phi) is 4.05. The van der Waals surface area contributed by atoms with Crippen molar-refractivity contribution in [2.75, 3.05) is 5.32 Å². The van der Waals surface area contributed by atoms with Gasteiger partial charge < -0.3 is 5.32 Å². The lowest BCUT2D eigenvalue weighted by Gasteiger charge is -2.37. The molecule has 1 aliphatic carbocycles. The van der Waals surface area contributed by atoms with Crippen LogP contribution < -0.4 is 5.32 Å². The third-order valence-electron chi connectivity index (χ3n) is 5.33. The van der Waals surface area contributed by atoms with Crippen molar-refractivity contribution in [3.05, 3.63) is 29.8 Å². The molecule has 4 atom stereocenters. The summed E-state index contributed by atoms with van der Waals surface area (Å²) in [7, 11) is 0. The Hall–Kier alpha value is -0.980. The van der Waals surface area contributed by atoms with Crippen LogP contribution in [-0.2, 0) is 0 Å². The van der Waals surface area contributed by atoms with Crippen molar-refractivity contribution < 1.29 is 0 Å². The first-order valence-corrected chi connectivity index (χ1v) is 8.47. The van der Waals surface area contributed by atoms with E-state index in [1.807, 2.05) is 0 Å². The summed E-state index contributed by atoms with van der Waals surface area (Å²) in [5.74, 6) is 3.57. The summed E-state index contributed by atoms with van der Waals surface area (Å²) in [6.45, 7) is 7.22. The molecule has 1 nitrogen and oxygen atoms in total. The maximum atomic E-state index is 3.64. The molecular weight excluding hydrogens is 242 g/mol. The molecule has 0 radical (unpaired) electrons. The van der Waals surface area contributed by atoms with Gasteiger partial charge in [-0.05, 0) is 74.3 Å². The number of para-hydroxylation sites is 1. The van der Waals surface area contributed by atoms with Crippen LogP contribution in [0, 0.1) is 17.8 Å². The molecule has 4 unspecified atom stereocenters. The van der Waals surface area contributed by atoms with Gasteiger partial charge in [-0.15, -0.1) is 0 Å². The Labute approximate surface area is 124 Å². The second kappa shape index (κ2) is 5.79. The summed E-state index contributed by atoms with van der Waals surface area (Å²) in [5, 5.41) is 3.64. The summed E-state index contributed by atoms with van der Waals surface area (Å²) >= 11 is 0. The molecule has 1 heteroatoms. The second-order valence-electron chi connectivity index (χ2n) is 7.58. The monoisotopic (exact) mass is 271 g/mol. The van der Waals surface area contributed by atoms with Crippen LogP contribution in [0.1, 0.15) is 64.4 Å². The van der Waals surface area contributed by atoms with E-state index in [0.29, 0.717) is 6.04 Å². The quantitative estimate of drug-likeness (QED) is 0.755. The Morgan fingerprint density at radius 2 is 1.65 bits per heavy atom. The highest BCUT2D eigenvalue weighted by Gasteiger charge is 2.30. The average Bonchev–Trinajstić information content (AvgIpc) is 2.37. The third kappa shape index (κ3) is 3.02. The Morgan fingerprint density at radius 3 is 2.40 bits per heavy atom. The van der Waals surface area contributed by atoms with Crippen molar-refractivity contribution in [1.82, 2.24) is 0 Å². The van der Waals surface area contributed by atoms with Gasteiger partial charge in [-0.1, -0.05) is 32.0 Å². The highest BCUT2D eigenvalue weighted by Crippen LogP contribution is 2.43. The van der Waals surface area contributed by atoms with Crippen LogP contribution in [0.5, 0.6) is 0 Å². The fraction of sp³-hybridized carbons (Fsp3) is 0.684. The van der Waals surface area contributed by atoms with Crippen molar-refractivity contribution in [1.29, 1.82) is 0 Å². The number of fused-ring (bicyclic) bond motifs is 1. The zero-order chi connectivity index (χ0) is 14.1. The SMILES string of the molecule is CC1CC(C)CC(CC2CC(C)Nc3ccccc32)C1. The summed E-state index contributed by atoms with van der Waals surface area (Å²) in [4.78, 5) is 0. The van der Waals surface area contributed by atoms with E-state index in [2.05, 4.69) is 50.4 Å². The van der Waals surface area contributed by atoms with E-state index >= 15 is 0 Å². The van der Waals surface area contributed by atoms with Gasteiger partial charge in [0.05, 0.1) is 0 Å². The van der Waals surface area contributed by atoms with Crippen molar-refractivity contribution in [3.8, 4) is 0 Å². The van der Waals surface area contributed by atoms with Gasteiger partial charge in [0.15, 0.2) is 0 Å². The lowest BCUT2D eigenvalue weighted by molar-refractivity contribution is 0.198. The van der Waals surface area contributed by atoms with E-state index in [4.69, 9.17) is 0 Å². The van der Waals surface area contributed by atoms with Gasteiger partial charge >= 0.3 is 0 Å². The number of hydrogen-bond acceptors (Lipinski definition) is 1. The molecule has 20 heavy (non-hydrogen) atoms. The normalized spacial score (nSPS) is 37.0. The second-order valence-corrected chi connectivity index (χ2v) is 7.58. The van der Waals surface area contributed by atoms with Crippen LogP contribution >= 0.6 is 0 Å². The molecule has 1 heterocycles.